The number of guanidine groups is 1. The molecule has 0 bridgehead atoms. The molecule has 1 amide bonds. The van der Waals surface area contributed by atoms with Gasteiger partial charge >= 0.3 is 0 Å². The minimum atomic E-state index is 0.102. The Balaban J connectivity index is 1.89. The Kier molecular flexibility index (Phi) is 9.51. The van der Waals surface area contributed by atoms with E-state index in [9.17, 15) is 4.79 Å². The number of nitrogens with one attached hydrogen (secondary N) is 3. The van der Waals surface area contributed by atoms with Gasteiger partial charge in [-0.15, -0.1) is 0 Å². The Hall–Kier alpha value is -1.34. The number of morpholine rings is 1. The van der Waals surface area contributed by atoms with Crippen LogP contribution in [0.15, 0.2) is 4.99 Å². The zero-order chi connectivity index (χ0) is 20.5. The van der Waals surface area contributed by atoms with Crippen LogP contribution in [0.1, 0.15) is 60.3 Å². The predicted octanol–water partition coefficient (Wildman–Crippen LogP) is 1.73. The van der Waals surface area contributed by atoms with E-state index < -0.39 is 0 Å². The van der Waals surface area contributed by atoms with Crippen LogP contribution in [0.5, 0.6) is 0 Å². The highest BCUT2D eigenvalue weighted by molar-refractivity contribution is 5.81. The number of amides is 1. The third kappa shape index (κ3) is 7.24. The van der Waals surface area contributed by atoms with Crippen molar-refractivity contribution in [1.29, 1.82) is 0 Å². The minimum absolute atomic E-state index is 0.102. The summed E-state index contributed by atoms with van der Waals surface area (Å²) in [4.78, 5) is 19.7. The fourth-order valence-electron chi connectivity index (χ4n) is 4.20. The molecule has 2 aliphatic rings. The molecule has 3 N–H and O–H groups in total. The maximum Gasteiger partial charge on any atom is 0.223 e. The highest BCUT2D eigenvalue weighted by Crippen LogP contribution is 2.24. The van der Waals surface area contributed by atoms with Crippen molar-refractivity contribution in [3.05, 3.63) is 0 Å². The van der Waals surface area contributed by atoms with Gasteiger partial charge in [0.2, 0.25) is 5.91 Å². The lowest BCUT2D eigenvalue weighted by atomic mass is 9.85. The summed E-state index contributed by atoms with van der Waals surface area (Å²) in [5.74, 6) is 1.16. The van der Waals surface area contributed by atoms with Gasteiger partial charge in [0.1, 0.15) is 0 Å². The van der Waals surface area contributed by atoms with E-state index in [-0.39, 0.29) is 17.9 Å². The number of nitrogens with zero attached hydrogens (tertiary/aromatic N) is 2. The third-order valence-electron chi connectivity index (χ3n) is 5.66. The lowest BCUT2D eigenvalue weighted by molar-refractivity contribution is -0.126. The van der Waals surface area contributed by atoms with E-state index in [0.29, 0.717) is 18.1 Å². The van der Waals surface area contributed by atoms with Crippen molar-refractivity contribution in [2.24, 2.45) is 10.9 Å². The maximum absolute atomic E-state index is 12.4. The number of rotatable bonds is 7. The standard InChI is InChI=1S/C21H41N5O2/c1-6-22-21(23-13-16(4)26-10-11-28-14-17(26)5)25-19-9-7-8-18(12-19)20(27)24-15(2)3/h15-19H,6-14H2,1-5H3,(H,24,27)(H2,22,23,25). The van der Waals surface area contributed by atoms with Crippen LogP contribution in [-0.2, 0) is 9.53 Å². The normalized spacial score (nSPS) is 28.1. The molecule has 2 rings (SSSR count). The van der Waals surface area contributed by atoms with E-state index in [1.165, 1.54) is 0 Å². The Morgan fingerprint density at radius 2 is 2.07 bits per heavy atom. The van der Waals surface area contributed by atoms with Crippen LogP contribution in [0.4, 0.5) is 0 Å². The molecular weight excluding hydrogens is 354 g/mol. The first-order valence-electron chi connectivity index (χ1n) is 11.1. The van der Waals surface area contributed by atoms with Gasteiger partial charge in [-0.25, -0.2) is 0 Å². The summed E-state index contributed by atoms with van der Waals surface area (Å²) in [5, 5.41) is 10.0. The van der Waals surface area contributed by atoms with E-state index in [0.717, 1.165) is 64.5 Å². The SMILES string of the molecule is CCNC(=NCC(C)N1CCOCC1C)NC1CCCC(C(=O)NC(C)C)C1. The first-order valence-corrected chi connectivity index (χ1v) is 11.1. The van der Waals surface area contributed by atoms with Crippen LogP contribution in [-0.4, -0.2) is 73.8 Å². The van der Waals surface area contributed by atoms with Crippen molar-refractivity contribution in [2.45, 2.75) is 84.5 Å². The number of hydrogen-bond donors (Lipinski definition) is 3. The van der Waals surface area contributed by atoms with Crippen molar-refractivity contribution >= 4 is 11.9 Å². The lowest BCUT2D eigenvalue weighted by Gasteiger charge is -2.37. The van der Waals surface area contributed by atoms with Crippen LogP contribution < -0.4 is 16.0 Å². The first kappa shape index (κ1) is 22.9. The molecule has 1 heterocycles. The largest absolute Gasteiger partial charge is 0.379 e. The van der Waals surface area contributed by atoms with E-state index >= 15 is 0 Å². The molecule has 0 aromatic heterocycles. The van der Waals surface area contributed by atoms with Crippen molar-refractivity contribution < 1.29 is 9.53 Å². The molecule has 1 aliphatic heterocycles. The van der Waals surface area contributed by atoms with Crippen LogP contribution in [0.25, 0.3) is 0 Å². The molecule has 0 radical (unpaired) electrons. The number of carbonyl (C=O) groups is 1. The molecule has 7 nitrogen and oxygen atoms in total. The average molecular weight is 396 g/mol. The van der Waals surface area contributed by atoms with Gasteiger partial charge in [-0.05, 0) is 53.9 Å². The molecule has 1 saturated heterocycles. The van der Waals surface area contributed by atoms with E-state index in [1.807, 2.05) is 13.8 Å². The van der Waals surface area contributed by atoms with Crippen molar-refractivity contribution in [1.82, 2.24) is 20.9 Å². The van der Waals surface area contributed by atoms with Gasteiger partial charge in [0.25, 0.3) is 0 Å². The summed E-state index contributed by atoms with van der Waals surface area (Å²) in [6, 6.07) is 1.31. The molecule has 1 aliphatic carbocycles. The van der Waals surface area contributed by atoms with Crippen LogP contribution in [0.3, 0.4) is 0 Å². The predicted molar refractivity (Wildman–Crippen MR) is 115 cm³/mol. The number of aliphatic imine (C=N–C) groups is 1. The van der Waals surface area contributed by atoms with Gasteiger partial charge in [0, 0.05) is 43.2 Å². The van der Waals surface area contributed by atoms with Gasteiger partial charge in [-0.1, -0.05) is 6.42 Å². The third-order valence-corrected chi connectivity index (χ3v) is 5.66. The topological polar surface area (TPSA) is 78.0 Å². The molecule has 1 saturated carbocycles. The van der Waals surface area contributed by atoms with E-state index in [2.05, 4.69) is 41.6 Å². The Bertz CT molecular complexity index is 511. The summed E-state index contributed by atoms with van der Waals surface area (Å²) in [6.07, 6.45) is 4.02. The molecule has 28 heavy (non-hydrogen) atoms. The first-order chi connectivity index (χ1) is 13.4. The van der Waals surface area contributed by atoms with Crippen molar-refractivity contribution in [2.75, 3.05) is 32.8 Å². The average Bonchev–Trinajstić information content (AvgIpc) is 2.66. The number of ether oxygens (including phenoxy) is 1. The monoisotopic (exact) mass is 395 g/mol. The summed E-state index contributed by atoms with van der Waals surface area (Å²) in [6.45, 7) is 14.7. The lowest BCUT2D eigenvalue weighted by Crippen LogP contribution is -2.50. The van der Waals surface area contributed by atoms with Gasteiger partial charge in [0.15, 0.2) is 5.96 Å². The Morgan fingerprint density at radius 1 is 1.29 bits per heavy atom. The van der Waals surface area contributed by atoms with Crippen molar-refractivity contribution in [3.63, 3.8) is 0 Å². The maximum atomic E-state index is 12.4. The quantitative estimate of drug-likeness (QED) is 0.452. The van der Waals surface area contributed by atoms with Crippen molar-refractivity contribution in [3.8, 4) is 0 Å². The summed E-state index contributed by atoms with van der Waals surface area (Å²) in [7, 11) is 0. The molecule has 0 spiro atoms. The smallest absolute Gasteiger partial charge is 0.223 e. The van der Waals surface area contributed by atoms with Crippen LogP contribution >= 0.6 is 0 Å². The van der Waals surface area contributed by atoms with Gasteiger partial charge in [-0.2, -0.15) is 0 Å². The van der Waals surface area contributed by atoms with Gasteiger partial charge in [0.05, 0.1) is 19.8 Å². The zero-order valence-electron chi connectivity index (χ0n) is 18.5. The molecule has 162 valence electrons. The molecule has 7 heteroatoms. The molecular formula is C21H41N5O2. The molecule has 0 aromatic rings. The Labute approximate surface area is 171 Å². The molecule has 4 unspecified atom stereocenters. The minimum Gasteiger partial charge on any atom is -0.379 e. The Morgan fingerprint density at radius 3 is 2.75 bits per heavy atom. The molecule has 2 fully saturated rings. The second-order valence-corrected chi connectivity index (χ2v) is 8.60. The summed E-state index contributed by atoms with van der Waals surface area (Å²) >= 11 is 0. The highest BCUT2D eigenvalue weighted by Gasteiger charge is 2.28. The van der Waals surface area contributed by atoms with Crippen LogP contribution in [0, 0.1) is 5.92 Å². The second-order valence-electron chi connectivity index (χ2n) is 8.60. The molecule has 0 aromatic carbocycles. The number of hydrogen-bond acceptors (Lipinski definition) is 4. The summed E-state index contributed by atoms with van der Waals surface area (Å²) < 4.78 is 5.55. The van der Waals surface area contributed by atoms with E-state index in [1.54, 1.807) is 0 Å². The summed E-state index contributed by atoms with van der Waals surface area (Å²) in [5.41, 5.74) is 0. The molecule has 4 atom stereocenters. The number of carbonyl (C=O) groups excluding carboxylic acids is 1. The van der Waals surface area contributed by atoms with Gasteiger partial charge < -0.3 is 20.7 Å². The highest BCUT2D eigenvalue weighted by atomic mass is 16.5. The second kappa shape index (κ2) is 11.6. The fraction of sp³-hybridized carbons (Fsp3) is 0.905. The van der Waals surface area contributed by atoms with E-state index in [4.69, 9.17) is 9.73 Å². The van der Waals surface area contributed by atoms with Crippen LogP contribution in [0.2, 0.25) is 0 Å². The fourth-order valence-corrected chi connectivity index (χ4v) is 4.20. The zero-order valence-corrected chi connectivity index (χ0v) is 18.5. The van der Waals surface area contributed by atoms with Gasteiger partial charge in [-0.3, -0.25) is 14.7 Å².